The fraction of sp³-hybridized carbons (Fsp3) is 0.881. The molecular formula is C59H110O6. The van der Waals surface area contributed by atoms with Crippen LogP contribution in [0, 0.1) is 0 Å². The third-order valence-electron chi connectivity index (χ3n) is 13.0. The third-order valence-corrected chi connectivity index (χ3v) is 13.0. The van der Waals surface area contributed by atoms with Gasteiger partial charge >= 0.3 is 17.9 Å². The molecule has 0 bridgehead atoms. The Morgan fingerprint density at radius 3 is 0.815 bits per heavy atom. The minimum atomic E-state index is -0.772. The molecule has 1 atom stereocenters. The number of allylic oxidation sites excluding steroid dienone is 4. The number of hydrogen-bond acceptors (Lipinski definition) is 6. The fourth-order valence-electron chi connectivity index (χ4n) is 8.61. The second-order valence-electron chi connectivity index (χ2n) is 19.6. The Morgan fingerprint density at radius 1 is 0.308 bits per heavy atom. The van der Waals surface area contributed by atoms with Gasteiger partial charge in [-0.15, -0.1) is 0 Å². The lowest BCUT2D eigenvalue weighted by molar-refractivity contribution is -0.167. The van der Waals surface area contributed by atoms with Crippen LogP contribution in [0.25, 0.3) is 0 Å². The molecule has 0 rings (SSSR count). The molecule has 0 aromatic carbocycles. The predicted molar refractivity (Wildman–Crippen MR) is 279 cm³/mol. The summed E-state index contributed by atoms with van der Waals surface area (Å²) in [7, 11) is 0. The van der Waals surface area contributed by atoms with Crippen molar-refractivity contribution in [2.75, 3.05) is 13.2 Å². The number of carbonyl (C=O) groups is 3. The van der Waals surface area contributed by atoms with Gasteiger partial charge in [0.25, 0.3) is 0 Å². The lowest BCUT2D eigenvalue weighted by Crippen LogP contribution is -2.30. The van der Waals surface area contributed by atoms with Gasteiger partial charge in [-0.3, -0.25) is 14.4 Å². The number of ether oxygens (including phenoxy) is 3. The molecule has 0 aliphatic heterocycles. The van der Waals surface area contributed by atoms with E-state index >= 15 is 0 Å². The van der Waals surface area contributed by atoms with Gasteiger partial charge in [-0.25, -0.2) is 0 Å². The van der Waals surface area contributed by atoms with Crippen LogP contribution in [-0.2, 0) is 28.6 Å². The Bertz CT molecular complexity index is 1050. The topological polar surface area (TPSA) is 78.9 Å². The molecule has 65 heavy (non-hydrogen) atoms. The van der Waals surface area contributed by atoms with Crippen molar-refractivity contribution in [2.24, 2.45) is 0 Å². The van der Waals surface area contributed by atoms with E-state index in [1.807, 2.05) is 0 Å². The smallest absolute Gasteiger partial charge is 0.306 e. The zero-order valence-corrected chi connectivity index (χ0v) is 43.8. The van der Waals surface area contributed by atoms with Gasteiger partial charge in [0.15, 0.2) is 6.10 Å². The van der Waals surface area contributed by atoms with Gasteiger partial charge in [0.1, 0.15) is 13.2 Å². The average molecular weight is 916 g/mol. The summed E-state index contributed by atoms with van der Waals surface area (Å²) in [5.74, 6) is -0.867. The minimum Gasteiger partial charge on any atom is -0.462 e. The Hall–Kier alpha value is -2.11. The van der Waals surface area contributed by atoms with Crippen LogP contribution >= 0.6 is 0 Å². The summed E-state index contributed by atoms with van der Waals surface area (Å²) in [6.07, 6.45) is 63.1. The number of esters is 3. The van der Waals surface area contributed by atoms with Crippen molar-refractivity contribution in [2.45, 2.75) is 322 Å². The van der Waals surface area contributed by atoms with Gasteiger partial charge < -0.3 is 14.2 Å². The fourth-order valence-corrected chi connectivity index (χ4v) is 8.61. The van der Waals surface area contributed by atoms with Crippen molar-refractivity contribution in [3.8, 4) is 0 Å². The lowest BCUT2D eigenvalue weighted by Gasteiger charge is -2.18. The maximum Gasteiger partial charge on any atom is 0.306 e. The van der Waals surface area contributed by atoms with Gasteiger partial charge in [-0.1, -0.05) is 276 Å². The van der Waals surface area contributed by atoms with Crippen LogP contribution in [0.3, 0.4) is 0 Å². The molecule has 0 aliphatic carbocycles. The molecule has 0 amide bonds. The van der Waals surface area contributed by atoms with Crippen LogP contribution in [0.2, 0.25) is 0 Å². The maximum atomic E-state index is 12.8. The standard InChI is InChI=1S/C59H110O6/c1-4-7-10-13-16-19-22-24-26-28-30-32-34-37-40-43-46-49-52-58(61)64-55-56(54-63-57(60)51-48-45-42-39-36-21-18-15-12-9-6-3)65-59(62)53-50-47-44-41-38-35-33-31-29-27-25-23-20-17-14-11-8-5-2/h26,28,30,32,56H,4-25,27,29,31,33-55H2,1-3H3/b28-26-,32-30-. The molecule has 0 radical (unpaired) electrons. The van der Waals surface area contributed by atoms with Crippen molar-refractivity contribution in [1.29, 1.82) is 0 Å². The second kappa shape index (κ2) is 54.5. The van der Waals surface area contributed by atoms with E-state index in [2.05, 4.69) is 45.1 Å². The molecule has 0 N–H and O–H groups in total. The number of hydrogen-bond donors (Lipinski definition) is 0. The molecule has 0 aliphatic rings. The summed E-state index contributed by atoms with van der Waals surface area (Å²) >= 11 is 0. The summed E-state index contributed by atoms with van der Waals surface area (Å²) in [6, 6.07) is 0. The van der Waals surface area contributed by atoms with Crippen LogP contribution in [0.1, 0.15) is 316 Å². The summed E-state index contributed by atoms with van der Waals surface area (Å²) in [6.45, 7) is 6.66. The molecule has 0 heterocycles. The van der Waals surface area contributed by atoms with Crippen molar-refractivity contribution >= 4 is 17.9 Å². The van der Waals surface area contributed by atoms with Crippen LogP contribution < -0.4 is 0 Å². The molecule has 0 aromatic heterocycles. The number of rotatable bonds is 53. The second-order valence-corrected chi connectivity index (χ2v) is 19.6. The molecule has 0 fully saturated rings. The van der Waals surface area contributed by atoms with Crippen molar-refractivity contribution in [3.63, 3.8) is 0 Å². The highest BCUT2D eigenvalue weighted by atomic mass is 16.6. The summed E-state index contributed by atoms with van der Waals surface area (Å²) in [5.41, 5.74) is 0. The van der Waals surface area contributed by atoms with E-state index in [9.17, 15) is 14.4 Å². The first-order valence-corrected chi connectivity index (χ1v) is 28.9. The lowest BCUT2D eigenvalue weighted by atomic mass is 10.0. The normalized spacial score (nSPS) is 12.1. The van der Waals surface area contributed by atoms with E-state index in [0.717, 1.165) is 77.0 Å². The van der Waals surface area contributed by atoms with Crippen LogP contribution in [0.5, 0.6) is 0 Å². The van der Waals surface area contributed by atoms with Gasteiger partial charge in [0.2, 0.25) is 0 Å². The van der Waals surface area contributed by atoms with Crippen LogP contribution in [0.15, 0.2) is 24.3 Å². The minimum absolute atomic E-state index is 0.0710. The Balaban J connectivity index is 4.31. The molecule has 382 valence electrons. The predicted octanol–water partition coefficient (Wildman–Crippen LogP) is 19.1. The molecule has 0 spiro atoms. The molecule has 6 heteroatoms. The quantitative estimate of drug-likeness (QED) is 0.0262. The summed E-state index contributed by atoms with van der Waals surface area (Å²) in [4.78, 5) is 38.1. The Morgan fingerprint density at radius 2 is 0.538 bits per heavy atom. The highest BCUT2D eigenvalue weighted by Gasteiger charge is 2.19. The number of carbonyl (C=O) groups excluding carboxylic acids is 3. The van der Waals surface area contributed by atoms with Gasteiger partial charge in [-0.2, -0.15) is 0 Å². The first kappa shape index (κ1) is 62.9. The van der Waals surface area contributed by atoms with Gasteiger partial charge in [0, 0.05) is 19.3 Å². The average Bonchev–Trinajstić information content (AvgIpc) is 3.30. The molecule has 6 nitrogen and oxygen atoms in total. The van der Waals surface area contributed by atoms with E-state index < -0.39 is 6.10 Å². The molecule has 1 unspecified atom stereocenters. The largest absolute Gasteiger partial charge is 0.462 e. The highest BCUT2D eigenvalue weighted by Crippen LogP contribution is 2.17. The van der Waals surface area contributed by atoms with Crippen molar-refractivity contribution < 1.29 is 28.6 Å². The van der Waals surface area contributed by atoms with Crippen LogP contribution in [-0.4, -0.2) is 37.2 Å². The first-order chi connectivity index (χ1) is 32.0. The van der Waals surface area contributed by atoms with E-state index in [-0.39, 0.29) is 31.1 Å². The Labute approximate surface area is 404 Å². The van der Waals surface area contributed by atoms with E-state index in [0.29, 0.717) is 19.3 Å². The third kappa shape index (κ3) is 52.7. The zero-order valence-electron chi connectivity index (χ0n) is 43.8. The first-order valence-electron chi connectivity index (χ1n) is 28.9. The van der Waals surface area contributed by atoms with Gasteiger partial charge in [-0.05, 0) is 44.9 Å². The summed E-state index contributed by atoms with van der Waals surface area (Å²) < 4.78 is 16.9. The molecular weight excluding hydrogens is 805 g/mol. The monoisotopic (exact) mass is 915 g/mol. The summed E-state index contributed by atoms with van der Waals surface area (Å²) in [5, 5.41) is 0. The van der Waals surface area contributed by atoms with E-state index in [1.165, 1.54) is 199 Å². The van der Waals surface area contributed by atoms with Crippen LogP contribution in [0.4, 0.5) is 0 Å². The van der Waals surface area contributed by atoms with Crippen molar-refractivity contribution in [1.82, 2.24) is 0 Å². The van der Waals surface area contributed by atoms with Gasteiger partial charge in [0.05, 0.1) is 0 Å². The maximum absolute atomic E-state index is 12.8. The molecule has 0 saturated heterocycles. The highest BCUT2D eigenvalue weighted by molar-refractivity contribution is 5.71. The SMILES string of the molecule is CCCCCCCCC/C=C\C=C/CCCCCCCC(=O)OCC(COC(=O)CCCCCCCCCCCCC)OC(=O)CCCCCCCCCCCCCCCCCCCC. The number of unbranched alkanes of at least 4 members (excludes halogenated alkanes) is 39. The molecule has 0 saturated carbocycles. The Kier molecular flexibility index (Phi) is 52.7. The van der Waals surface area contributed by atoms with E-state index in [1.54, 1.807) is 0 Å². The molecule has 0 aromatic rings. The van der Waals surface area contributed by atoms with Crippen molar-refractivity contribution in [3.05, 3.63) is 24.3 Å². The van der Waals surface area contributed by atoms with E-state index in [4.69, 9.17) is 14.2 Å². The zero-order chi connectivity index (χ0) is 47.2.